The lowest BCUT2D eigenvalue weighted by Crippen LogP contribution is -2.64. The average molecular weight is 569 g/mol. The summed E-state index contributed by atoms with van der Waals surface area (Å²) in [6.45, 7) is 3.84. The Morgan fingerprint density at radius 1 is 1.10 bits per heavy atom. The van der Waals surface area contributed by atoms with E-state index < -0.39 is 11.6 Å². The van der Waals surface area contributed by atoms with E-state index in [1.165, 1.54) is 12.8 Å². The quantitative estimate of drug-likeness (QED) is 0.313. The molecule has 42 heavy (non-hydrogen) atoms. The second kappa shape index (κ2) is 11.2. The van der Waals surface area contributed by atoms with Gasteiger partial charge >= 0.3 is 0 Å². The van der Waals surface area contributed by atoms with Gasteiger partial charge < -0.3 is 30.9 Å². The number of nitrogens with one attached hydrogen (secondary N) is 3. The zero-order valence-corrected chi connectivity index (χ0v) is 23.9. The minimum absolute atomic E-state index is 0.155. The summed E-state index contributed by atoms with van der Waals surface area (Å²) in [7, 11) is 1.70. The van der Waals surface area contributed by atoms with Gasteiger partial charge in [-0.25, -0.2) is 4.98 Å². The molecule has 2 aromatic carbocycles. The van der Waals surface area contributed by atoms with Crippen molar-refractivity contribution in [3.8, 4) is 11.1 Å². The van der Waals surface area contributed by atoms with Crippen molar-refractivity contribution in [3.63, 3.8) is 0 Å². The van der Waals surface area contributed by atoms with Gasteiger partial charge in [0.25, 0.3) is 11.8 Å². The molecular weight excluding hydrogens is 532 g/mol. The molecular formula is C32H36N6O4. The fourth-order valence-corrected chi connectivity index (χ4v) is 5.41. The van der Waals surface area contributed by atoms with Crippen LogP contribution in [0.15, 0.2) is 60.8 Å². The molecule has 10 heteroatoms. The number of fused-ring (bicyclic) bond motifs is 1. The van der Waals surface area contributed by atoms with E-state index in [4.69, 9.17) is 0 Å². The summed E-state index contributed by atoms with van der Waals surface area (Å²) in [6, 6.07) is 15.8. The molecule has 3 aliphatic rings. The Kier molecular flexibility index (Phi) is 7.42. The maximum absolute atomic E-state index is 13.9. The van der Waals surface area contributed by atoms with Gasteiger partial charge in [0.05, 0.1) is 11.3 Å². The summed E-state index contributed by atoms with van der Waals surface area (Å²) in [4.78, 5) is 47.7. The number of nitrogens with zero attached hydrogens (tertiary/aromatic N) is 3. The van der Waals surface area contributed by atoms with Crippen molar-refractivity contribution in [1.82, 2.24) is 20.5 Å². The number of hydrogen-bond donors (Lipinski definition) is 4. The molecule has 6 rings (SSSR count). The normalized spacial score (nSPS) is 19.5. The van der Waals surface area contributed by atoms with Crippen LogP contribution in [0.3, 0.4) is 0 Å². The van der Waals surface area contributed by atoms with Crippen LogP contribution in [0.5, 0.6) is 0 Å². The van der Waals surface area contributed by atoms with Gasteiger partial charge in [-0.1, -0.05) is 18.2 Å². The smallest absolute Gasteiger partial charge is 0.256 e. The summed E-state index contributed by atoms with van der Waals surface area (Å²) in [6.07, 6.45) is 4.28. The van der Waals surface area contributed by atoms with Crippen molar-refractivity contribution in [2.75, 3.05) is 43.4 Å². The predicted octanol–water partition coefficient (Wildman–Crippen LogP) is 2.64. The molecule has 0 bridgehead atoms. The number of rotatable bonds is 9. The molecule has 2 aliphatic heterocycles. The molecule has 1 aliphatic carbocycles. The highest BCUT2D eigenvalue weighted by Crippen LogP contribution is 2.34. The van der Waals surface area contributed by atoms with Crippen LogP contribution in [0.1, 0.15) is 46.0 Å². The van der Waals surface area contributed by atoms with Gasteiger partial charge in [0.2, 0.25) is 5.91 Å². The molecule has 3 amide bonds. The molecule has 3 aromatic rings. The Balaban J connectivity index is 1.22. The highest BCUT2D eigenvalue weighted by atomic mass is 16.3. The molecule has 1 aromatic heterocycles. The third kappa shape index (κ3) is 5.73. The number of anilines is 2. The summed E-state index contributed by atoms with van der Waals surface area (Å²) in [5.74, 6) is 0.779. The number of β-amino-alcohol motifs (C(OH)–C–C–N with tert-alkyl or cyclic N) is 1. The van der Waals surface area contributed by atoms with E-state index >= 15 is 0 Å². The summed E-state index contributed by atoms with van der Waals surface area (Å²) in [5.41, 5.74) is 3.06. The van der Waals surface area contributed by atoms with Crippen LogP contribution >= 0.6 is 0 Å². The standard InChI is InChI=1S/C32H36N6O4/c1-20-30(40)37(2)27-13-23(24-10-11-34-28(14-24)35-15-21-6-7-21)8-9-26(27)31(41)38(20)16-22-4-3-5-25(12-22)29(39)36-19-32(42)17-33-18-32/h3-5,8-14,20-21,33,42H,6-7,15-19H2,1-2H3,(H,34,35)(H,36,39)/t20-/m1/s1. The molecule has 4 N–H and O–H groups in total. The van der Waals surface area contributed by atoms with Crippen LogP contribution in [0, 0.1) is 5.92 Å². The van der Waals surface area contributed by atoms with Gasteiger partial charge in [-0.15, -0.1) is 0 Å². The predicted molar refractivity (Wildman–Crippen MR) is 160 cm³/mol. The summed E-state index contributed by atoms with van der Waals surface area (Å²) < 4.78 is 0. The zero-order chi connectivity index (χ0) is 29.4. The number of benzene rings is 2. The van der Waals surface area contributed by atoms with Crippen LogP contribution in [-0.2, 0) is 11.3 Å². The molecule has 218 valence electrons. The lowest BCUT2D eigenvalue weighted by Gasteiger charge is -2.37. The molecule has 0 unspecified atom stereocenters. The largest absolute Gasteiger partial charge is 0.385 e. The maximum atomic E-state index is 13.9. The van der Waals surface area contributed by atoms with Crippen LogP contribution in [0.2, 0.25) is 0 Å². The van der Waals surface area contributed by atoms with Crippen LogP contribution < -0.4 is 20.9 Å². The Bertz CT molecular complexity index is 1530. The van der Waals surface area contributed by atoms with Crippen molar-refractivity contribution in [1.29, 1.82) is 0 Å². The monoisotopic (exact) mass is 568 g/mol. The Morgan fingerprint density at radius 2 is 1.88 bits per heavy atom. The number of amides is 3. The van der Waals surface area contributed by atoms with Gasteiger partial charge in [-0.2, -0.15) is 0 Å². The Labute approximate surface area is 245 Å². The molecule has 0 radical (unpaired) electrons. The van der Waals surface area contributed by atoms with E-state index in [1.54, 1.807) is 54.2 Å². The lowest BCUT2D eigenvalue weighted by molar-refractivity contribution is -0.122. The third-order valence-corrected chi connectivity index (χ3v) is 8.40. The fraction of sp³-hybridized carbons (Fsp3) is 0.375. The third-order valence-electron chi connectivity index (χ3n) is 8.40. The number of aromatic nitrogens is 1. The number of likely N-dealkylation sites (N-methyl/N-ethyl adjacent to an activating group) is 1. The SMILES string of the molecule is C[C@@H]1C(=O)N(C)c2cc(-c3ccnc(NCC4CC4)c3)ccc2C(=O)N1Cc1cccc(C(=O)NCC2(O)CNC2)c1. The van der Waals surface area contributed by atoms with Gasteiger partial charge in [0.1, 0.15) is 17.5 Å². The maximum Gasteiger partial charge on any atom is 0.256 e. The number of hydrogen-bond acceptors (Lipinski definition) is 7. The summed E-state index contributed by atoms with van der Waals surface area (Å²) in [5, 5.41) is 19.4. The average Bonchev–Trinajstić information content (AvgIpc) is 3.84. The lowest BCUT2D eigenvalue weighted by atomic mass is 9.97. The number of pyridine rings is 1. The van der Waals surface area contributed by atoms with E-state index in [0.717, 1.165) is 35.0 Å². The van der Waals surface area contributed by atoms with Crippen LogP contribution in [0.25, 0.3) is 11.1 Å². The van der Waals surface area contributed by atoms with E-state index in [1.807, 2.05) is 30.3 Å². The molecule has 1 atom stereocenters. The topological polar surface area (TPSA) is 127 Å². The van der Waals surface area contributed by atoms with Gasteiger partial charge in [-0.3, -0.25) is 14.4 Å². The number of carbonyl (C=O) groups excluding carboxylic acids is 3. The van der Waals surface area contributed by atoms with Crippen molar-refractivity contribution >= 4 is 29.2 Å². The van der Waals surface area contributed by atoms with E-state index in [-0.39, 0.29) is 30.8 Å². The minimum atomic E-state index is -0.923. The molecule has 3 heterocycles. The molecule has 2 fully saturated rings. The van der Waals surface area contributed by atoms with E-state index in [9.17, 15) is 19.5 Å². The fourth-order valence-electron chi connectivity index (χ4n) is 5.41. The van der Waals surface area contributed by atoms with Crippen LogP contribution in [-0.4, -0.2) is 77.6 Å². The van der Waals surface area contributed by atoms with Crippen molar-refractivity contribution in [2.45, 2.75) is 38.0 Å². The van der Waals surface area contributed by atoms with Crippen molar-refractivity contribution < 1.29 is 19.5 Å². The minimum Gasteiger partial charge on any atom is -0.385 e. The molecule has 1 saturated carbocycles. The van der Waals surface area contributed by atoms with Gasteiger partial charge in [0.15, 0.2) is 0 Å². The van der Waals surface area contributed by atoms with Crippen molar-refractivity contribution in [2.24, 2.45) is 5.92 Å². The molecule has 1 saturated heterocycles. The summed E-state index contributed by atoms with van der Waals surface area (Å²) >= 11 is 0. The first-order valence-corrected chi connectivity index (χ1v) is 14.4. The van der Waals surface area contributed by atoms with Crippen LogP contribution in [0.4, 0.5) is 11.5 Å². The van der Waals surface area contributed by atoms with Gasteiger partial charge in [0, 0.05) is 51.5 Å². The van der Waals surface area contributed by atoms with Crippen molar-refractivity contribution in [3.05, 3.63) is 77.5 Å². The number of aliphatic hydroxyl groups is 1. The molecule has 10 nitrogen and oxygen atoms in total. The zero-order valence-electron chi connectivity index (χ0n) is 23.9. The van der Waals surface area contributed by atoms with E-state index in [0.29, 0.717) is 29.9 Å². The molecule has 0 spiro atoms. The van der Waals surface area contributed by atoms with Gasteiger partial charge in [-0.05, 0) is 78.8 Å². The van der Waals surface area contributed by atoms with E-state index in [2.05, 4.69) is 20.9 Å². The first kappa shape index (κ1) is 27.9. The second-order valence-corrected chi connectivity index (χ2v) is 11.7. The first-order chi connectivity index (χ1) is 20.2. The first-order valence-electron chi connectivity index (χ1n) is 14.4. The second-order valence-electron chi connectivity index (χ2n) is 11.7. The Hall–Kier alpha value is -4.28. The highest BCUT2D eigenvalue weighted by Gasteiger charge is 2.36. The number of carbonyl (C=O) groups is 3. The Morgan fingerprint density at radius 3 is 2.62 bits per heavy atom. The highest BCUT2D eigenvalue weighted by molar-refractivity contribution is 6.11.